The molecule has 7 nitrogen and oxygen atoms in total. The van der Waals surface area contributed by atoms with E-state index in [1.807, 2.05) is 48.6 Å². The van der Waals surface area contributed by atoms with Crippen molar-refractivity contribution >= 4 is 34.3 Å². The zero-order valence-electron chi connectivity index (χ0n) is 18.5. The van der Waals surface area contributed by atoms with E-state index >= 15 is 0 Å². The zero-order chi connectivity index (χ0) is 22.7. The number of amides is 1. The van der Waals surface area contributed by atoms with Gasteiger partial charge in [-0.2, -0.15) is 0 Å². The molecule has 0 radical (unpaired) electrons. The molecule has 166 valence electrons. The van der Waals surface area contributed by atoms with E-state index in [1.165, 1.54) is 11.1 Å². The highest BCUT2D eigenvalue weighted by atomic mass is 32.2. The molecule has 4 rings (SSSR count). The highest BCUT2D eigenvalue weighted by Gasteiger charge is 2.17. The van der Waals surface area contributed by atoms with Crippen LogP contribution in [0.2, 0.25) is 0 Å². The molecule has 0 aliphatic rings. The number of nitrogens with one attached hydrogen (secondary N) is 1. The molecule has 4 aromatic rings. The summed E-state index contributed by atoms with van der Waals surface area (Å²) in [5, 5.41) is 13.0. The van der Waals surface area contributed by atoms with E-state index in [0.717, 1.165) is 22.8 Å². The minimum atomic E-state index is -0.160. The first-order chi connectivity index (χ1) is 15.5. The molecule has 1 N–H and O–H groups in total. The molecule has 0 aliphatic carbocycles. The number of para-hydroxylation sites is 1. The maximum absolute atomic E-state index is 13.2. The Bertz CT molecular complexity index is 1330. The van der Waals surface area contributed by atoms with Crippen LogP contribution in [0.1, 0.15) is 37.8 Å². The summed E-state index contributed by atoms with van der Waals surface area (Å²) in [5.74, 6) is 1.12. The molecule has 32 heavy (non-hydrogen) atoms. The standard InChI is InChI=1S/C24H27N5O2S/c1-4-17(3)25-21(30)12-13-28-22(31)19-10-5-6-11-20(19)29-23(28)26-27-24(29)32-15-18-9-7-8-16(2)14-18/h5-11,14,17H,4,12-13,15H2,1-3H3,(H,25,30)/t17-/m0/s1. The summed E-state index contributed by atoms with van der Waals surface area (Å²) >= 11 is 1.58. The summed E-state index contributed by atoms with van der Waals surface area (Å²) in [5.41, 5.74) is 3.02. The predicted molar refractivity (Wildman–Crippen MR) is 128 cm³/mol. The van der Waals surface area contributed by atoms with Gasteiger partial charge < -0.3 is 5.32 Å². The third kappa shape index (κ3) is 4.55. The van der Waals surface area contributed by atoms with E-state index < -0.39 is 0 Å². The molecule has 0 spiro atoms. The van der Waals surface area contributed by atoms with E-state index in [2.05, 4.69) is 40.6 Å². The molecular weight excluding hydrogens is 422 g/mol. The largest absolute Gasteiger partial charge is 0.354 e. The Morgan fingerprint density at radius 1 is 1.16 bits per heavy atom. The lowest BCUT2D eigenvalue weighted by Gasteiger charge is -2.13. The summed E-state index contributed by atoms with van der Waals surface area (Å²) in [6.07, 6.45) is 1.06. The number of fused-ring (bicyclic) bond motifs is 3. The van der Waals surface area contributed by atoms with Gasteiger partial charge in [-0.3, -0.25) is 18.6 Å². The van der Waals surface area contributed by atoms with Crippen molar-refractivity contribution in [1.29, 1.82) is 0 Å². The summed E-state index contributed by atoms with van der Waals surface area (Å²) in [4.78, 5) is 25.5. The molecule has 1 atom stereocenters. The number of benzene rings is 2. The quantitative estimate of drug-likeness (QED) is 0.412. The van der Waals surface area contributed by atoms with Gasteiger partial charge in [0.2, 0.25) is 11.7 Å². The Hall–Kier alpha value is -3.13. The number of hydrogen-bond acceptors (Lipinski definition) is 5. The number of rotatable bonds is 8. The molecule has 0 fully saturated rings. The lowest BCUT2D eigenvalue weighted by Crippen LogP contribution is -2.33. The molecule has 0 bridgehead atoms. The fourth-order valence-electron chi connectivity index (χ4n) is 3.64. The van der Waals surface area contributed by atoms with Crippen LogP contribution in [-0.2, 0) is 17.1 Å². The molecular formula is C24H27N5O2S. The van der Waals surface area contributed by atoms with E-state index in [-0.39, 0.29) is 30.5 Å². The highest BCUT2D eigenvalue weighted by molar-refractivity contribution is 7.98. The van der Waals surface area contributed by atoms with Crippen LogP contribution in [0.4, 0.5) is 0 Å². The van der Waals surface area contributed by atoms with Crippen LogP contribution in [0.15, 0.2) is 58.5 Å². The van der Waals surface area contributed by atoms with Crippen LogP contribution in [0.5, 0.6) is 0 Å². The fourth-order valence-corrected chi connectivity index (χ4v) is 4.52. The van der Waals surface area contributed by atoms with Crippen LogP contribution in [0.3, 0.4) is 0 Å². The Labute approximate surface area is 190 Å². The second-order valence-electron chi connectivity index (χ2n) is 8.00. The average molecular weight is 450 g/mol. The van der Waals surface area contributed by atoms with Gasteiger partial charge >= 0.3 is 0 Å². The first-order valence-electron chi connectivity index (χ1n) is 10.8. The second-order valence-corrected chi connectivity index (χ2v) is 8.94. The Kier molecular flexibility index (Phi) is 6.60. The van der Waals surface area contributed by atoms with Crippen LogP contribution in [0, 0.1) is 6.92 Å². The number of thioether (sulfide) groups is 1. The lowest BCUT2D eigenvalue weighted by atomic mass is 10.2. The molecule has 0 aliphatic heterocycles. The first-order valence-corrected chi connectivity index (χ1v) is 11.8. The van der Waals surface area contributed by atoms with Gasteiger partial charge in [0.1, 0.15) is 0 Å². The number of carbonyl (C=O) groups excluding carboxylic acids is 1. The maximum atomic E-state index is 13.2. The molecule has 0 saturated carbocycles. The SMILES string of the molecule is CC[C@H](C)NC(=O)CCn1c(=O)c2ccccc2n2c(SCc3cccc(C)c3)nnc12. The first kappa shape index (κ1) is 22.1. The minimum absolute atomic E-state index is 0.0777. The van der Waals surface area contributed by atoms with E-state index in [0.29, 0.717) is 11.2 Å². The Morgan fingerprint density at radius 3 is 2.75 bits per heavy atom. The van der Waals surface area contributed by atoms with Crippen molar-refractivity contribution < 1.29 is 4.79 Å². The molecule has 0 saturated heterocycles. The Balaban J connectivity index is 1.70. The van der Waals surface area contributed by atoms with Crippen molar-refractivity contribution in [1.82, 2.24) is 24.5 Å². The van der Waals surface area contributed by atoms with E-state index in [9.17, 15) is 9.59 Å². The van der Waals surface area contributed by atoms with E-state index in [4.69, 9.17) is 0 Å². The van der Waals surface area contributed by atoms with Gasteiger partial charge in [0, 0.05) is 24.8 Å². The fraction of sp³-hybridized carbons (Fsp3) is 0.333. The summed E-state index contributed by atoms with van der Waals surface area (Å²) in [6.45, 7) is 6.31. The third-order valence-electron chi connectivity index (χ3n) is 5.51. The number of hydrogen-bond donors (Lipinski definition) is 1. The second kappa shape index (κ2) is 9.56. The molecule has 0 unspecified atom stereocenters. The van der Waals surface area contributed by atoms with Crippen molar-refractivity contribution in [2.75, 3.05) is 0 Å². The van der Waals surface area contributed by atoms with Crippen molar-refractivity contribution in [3.05, 3.63) is 70.0 Å². The van der Waals surface area contributed by atoms with Gasteiger partial charge in [0.05, 0.1) is 10.9 Å². The summed E-state index contributed by atoms with van der Waals surface area (Å²) < 4.78 is 3.48. The van der Waals surface area contributed by atoms with Gasteiger partial charge in [0.15, 0.2) is 5.16 Å². The van der Waals surface area contributed by atoms with Gasteiger partial charge in [-0.1, -0.05) is 60.6 Å². The summed E-state index contributed by atoms with van der Waals surface area (Å²) in [7, 11) is 0. The van der Waals surface area contributed by atoms with Crippen LogP contribution < -0.4 is 10.9 Å². The van der Waals surface area contributed by atoms with Crippen molar-refractivity contribution in [2.45, 2.75) is 57.1 Å². The number of nitrogens with zero attached hydrogens (tertiary/aromatic N) is 4. The molecule has 2 aromatic heterocycles. The van der Waals surface area contributed by atoms with Gasteiger partial charge in [-0.25, -0.2) is 0 Å². The minimum Gasteiger partial charge on any atom is -0.354 e. The van der Waals surface area contributed by atoms with Gasteiger partial charge in [-0.15, -0.1) is 10.2 Å². The maximum Gasteiger partial charge on any atom is 0.262 e. The van der Waals surface area contributed by atoms with Gasteiger partial charge in [-0.05, 0) is 38.0 Å². The van der Waals surface area contributed by atoms with Crippen molar-refractivity contribution in [3.8, 4) is 0 Å². The van der Waals surface area contributed by atoms with E-state index in [1.54, 1.807) is 16.3 Å². The molecule has 2 aromatic carbocycles. The number of aromatic nitrogens is 4. The van der Waals surface area contributed by atoms with Crippen molar-refractivity contribution in [2.24, 2.45) is 0 Å². The monoisotopic (exact) mass is 449 g/mol. The van der Waals surface area contributed by atoms with Crippen LogP contribution in [-0.4, -0.2) is 31.1 Å². The lowest BCUT2D eigenvalue weighted by molar-refractivity contribution is -0.121. The summed E-state index contributed by atoms with van der Waals surface area (Å²) in [6, 6.07) is 15.9. The third-order valence-corrected chi connectivity index (χ3v) is 6.51. The normalized spacial score (nSPS) is 12.3. The van der Waals surface area contributed by atoms with Gasteiger partial charge in [0.25, 0.3) is 5.56 Å². The smallest absolute Gasteiger partial charge is 0.262 e. The number of aryl methyl sites for hydroxylation is 2. The topological polar surface area (TPSA) is 81.3 Å². The zero-order valence-corrected chi connectivity index (χ0v) is 19.4. The predicted octanol–water partition coefficient (Wildman–Crippen LogP) is 3.95. The van der Waals surface area contributed by atoms with Crippen molar-refractivity contribution in [3.63, 3.8) is 0 Å². The van der Waals surface area contributed by atoms with Crippen LogP contribution >= 0.6 is 11.8 Å². The average Bonchev–Trinajstić information content (AvgIpc) is 3.21. The molecule has 8 heteroatoms. The Morgan fingerprint density at radius 2 is 1.97 bits per heavy atom. The molecule has 1 amide bonds. The molecule has 2 heterocycles. The number of carbonyl (C=O) groups is 1. The van der Waals surface area contributed by atoms with Crippen LogP contribution in [0.25, 0.3) is 16.7 Å². The highest BCUT2D eigenvalue weighted by Crippen LogP contribution is 2.25.